The number of likely N-dealkylation sites (tertiary alicyclic amines) is 2. The van der Waals surface area contributed by atoms with Crippen molar-refractivity contribution in [2.75, 3.05) is 46.3 Å². The van der Waals surface area contributed by atoms with Crippen molar-refractivity contribution < 1.29 is 9.53 Å². The van der Waals surface area contributed by atoms with Crippen LogP contribution in [0, 0.1) is 11.8 Å². The molecular formula is C22H44IN5O2. The number of ether oxygens (including phenoxy) is 1. The van der Waals surface area contributed by atoms with Crippen LogP contribution in [-0.4, -0.2) is 79.8 Å². The topological polar surface area (TPSA) is 69.2 Å². The fraction of sp³-hybridized carbons (Fsp3) is 0.909. The molecule has 2 aliphatic heterocycles. The number of carbonyl (C=O) groups is 1. The normalized spacial score (nSPS) is 21.9. The molecule has 2 fully saturated rings. The summed E-state index contributed by atoms with van der Waals surface area (Å²) < 4.78 is 5.41. The summed E-state index contributed by atoms with van der Waals surface area (Å²) in [6, 6.07) is -0.0200. The molecule has 2 saturated heterocycles. The molecule has 0 aliphatic carbocycles. The molecular weight excluding hydrogens is 493 g/mol. The molecule has 0 bridgehead atoms. The second-order valence-electron chi connectivity index (χ2n) is 9.89. The van der Waals surface area contributed by atoms with E-state index in [9.17, 15) is 4.79 Å². The smallest absolute Gasteiger partial charge is 0.407 e. The molecule has 176 valence electrons. The third kappa shape index (κ3) is 9.58. The number of carbonyl (C=O) groups excluding carboxylic acids is 1. The van der Waals surface area contributed by atoms with Crippen molar-refractivity contribution in [3.05, 3.63) is 0 Å². The van der Waals surface area contributed by atoms with Crippen LogP contribution < -0.4 is 10.6 Å². The van der Waals surface area contributed by atoms with E-state index in [0.717, 1.165) is 19.0 Å². The highest BCUT2D eigenvalue weighted by molar-refractivity contribution is 14.0. The van der Waals surface area contributed by atoms with E-state index in [2.05, 4.69) is 39.3 Å². The summed E-state index contributed by atoms with van der Waals surface area (Å²) in [5.41, 5.74) is -0.492. The Labute approximate surface area is 200 Å². The highest BCUT2D eigenvalue weighted by Gasteiger charge is 2.28. The number of hydrogen-bond donors (Lipinski definition) is 2. The molecule has 7 nitrogen and oxygen atoms in total. The summed E-state index contributed by atoms with van der Waals surface area (Å²) >= 11 is 0. The van der Waals surface area contributed by atoms with Gasteiger partial charge in [0.05, 0.1) is 6.04 Å². The summed E-state index contributed by atoms with van der Waals surface area (Å²) in [7, 11) is 1.84. The predicted molar refractivity (Wildman–Crippen MR) is 135 cm³/mol. The predicted octanol–water partition coefficient (Wildman–Crippen LogP) is 3.54. The zero-order chi connectivity index (χ0) is 21.4. The first kappa shape index (κ1) is 27.3. The molecule has 0 aromatic carbocycles. The average Bonchev–Trinajstić information content (AvgIpc) is 3.08. The Morgan fingerprint density at radius 2 is 1.83 bits per heavy atom. The molecule has 0 aromatic rings. The summed E-state index contributed by atoms with van der Waals surface area (Å²) in [6.07, 6.45) is 4.94. The standard InChI is InChI=1S/C22H43N5O2.HI/c1-17(2)19(25-21(28)29-22(3,4)5)14-24-20(23-6)27-13-10-18(16-27)15-26-11-8-7-9-12-26;/h17-19H,7-16H2,1-6H3,(H,23,24)(H,25,28);1H. The summed E-state index contributed by atoms with van der Waals surface area (Å²) in [5, 5.41) is 6.48. The van der Waals surface area contributed by atoms with Crippen LogP contribution in [-0.2, 0) is 4.74 Å². The van der Waals surface area contributed by atoms with Crippen molar-refractivity contribution in [3.8, 4) is 0 Å². The largest absolute Gasteiger partial charge is 0.444 e. The van der Waals surface area contributed by atoms with E-state index < -0.39 is 5.60 Å². The van der Waals surface area contributed by atoms with E-state index in [-0.39, 0.29) is 36.1 Å². The zero-order valence-electron chi connectivity index (χ0n) is 19.9. The molecule has 2 unspecified atom stereocenters. The quantitative estimate of drug-likeness (QED) is 0.308. The Morgan fingerprint density at radius 3 is 2.40 bits per heavy atom. The number of amides is 1. The summed E-state index contributed by atoms with van der Waals surface area (Å²) in [6.45, 7) is 16.3. The van der Waals surface area contributed by atoms with Crippen molar-refractivity contribution >= 4 is 36.0 Å². The number of alkyl carbamates (subject to hydrolysis) is 1. The second-order valence-corrected chi connectivity index (χ2v) is 9.89. The highest BCUT2D eigenvalue weighted by atomic mass is 127. The van der Waals surface area contributed by atoms with Crippen LogP contribution in [0.25, 0.3) is 0 Å². The van der Waals surface area contributed by atoms with Crippen molar-refractivity contribution in [2.45, 2.75) is 71.9 Å². The van der Waals surface area contributed by atoms with E-state index in [0.29, 0.717) is 18.4 Å². The third-order valence-corrected chi connectivity index (χ3v) is 5.75. The van der Waals surface area contributed by atoms with Gasteiger partial charge in [0.15, 0.2) is 5.96 Å². The molecule has 8 heteroatoms. The molecule has 0 radical (unpaired) electrons. The van der Waals surface area contributed by atoms with Gasteiger partial charge in [-0.15, -0.1) is 24.0 Å². The highest BCUT2D eigenvalue weighted by Crippen LogP contribution is 2.20. The maximum absolute atomic E-state index is 12.2. The van der Waals surface area contributed by atoms with Gasteiger partial charge in [-0.1, -0.05) is 20.3 Å². The number of hydrogen-bond acceptors (Lipinski definition) is 4. The van der Waals surface area contributed by atoms with Crippen molar-refractivity contribution in [2.24, 2.45) is 16.8 Å². The SMILES string of the molecule is CN=C(NCC(NC(=O)OC(C)(C)C)C(C)C)N1CCC(CN2CCCCC2)C1.I. The number of piperidine rings is 1. The second kappa shape index (κ2) is 12.9. The summed E-state index contributed by atoms with van der Waals surface area (Å²) in [5.74, 6) is 1.94. The van der Waals surface area contributed by atoms with Gasteiger partial charge in [-0.2, -0.15) is 0 Å². The van der Waals surface area contributed by atoms with Gasteiger partial charge in [-0.3, -0.25) is 4.99 Å². The van der Waals surface area contributed by atoms with Gasteiger partial charge in [0, 0.05) is 33.2 Å². The van der Waals surface area contributed by atoms with Gasteiger partial charge in [0.2, 0.25) is 0 Å². The van der Waals surface area contributed by atoms with Crippen LogP contribution in [0.4, 0.5) is 4.79 Å². The number of nitrogens with zero attached hydrogens (tertiary/aromatic N) is 3. The lowest BCUT2D eigenvalue weighted by Gasteiger charge is -2.30. The molecule has 2 N–H and O–H groups in total. The average molecular weight is 538 g/mol. The van der Waals surface area contributed by atoms with Crippen LogP contribution in [0.5, 0.6) is 0 Å². The minimum Gasteiger partial charge on any atom is -0.444 e. The van der Waals surface area contributed by atoms with Gasteiger partial charge in [-0.05, 0) is 65.0 Å². The van der Waals surface area contributed by atoms with Crippen LogP contribution >= 0.6 is 24.0 Å². The van der Waals surface area contributed by atoms with Gasteiger partial charge >= 0.3 is 6.09 Å². The molecule has 30 heavy (non-hydrogen) atoms. The van der Waals surface area contributed by atoms with E-state index in [1.54, 1.807) is 0 Å². The first-order chi connectivity index (χ1) is 13.7. The first-order valence-electron chi connectivity index (χ1n) is 11.4. The van der Waals surface area contributed by atoms with Crippen LogP contribution in [0.1, 0.15) is 60.3 Å². The van der Waals surface area contributed by atoms with Crippen molar-refractivity contribution in [1.29, 1.82) is 0 Å². The van der Waals surface area contributed by atoms with Gasteiger partial charge in [0.1, 0.15) is 5.60 Å². The first-order valence-corrected chi connectivity index (χ1v) is 11.4. The Bertz CT molecular complexity index is 544. The fourth-order valence-corrected chi connectivity index (χ4v) is 4.13. The number of guanidine groups is 1. The molecule has 2 atom stereocenters. The molecule has 2 aliphatic rings. The number of halogens is 1. The van der Waals surface area contributed by atoms with Crippen molar-refractivity contribution in [3.63, 3.8) is 0 Å². The van der Waals surface area contributed by atoms with E-state index >= 15 is 0 Å². The lowest BCUT2D eigenvalue weighted by atomic mass is 10.0. The Balaban J connectivity index is 0.00000450. The maximum Gasteiger partial charge on any atom is 0.407 e. The third-order valence-electron chi connectivity index (χ3n) is 5.75. The van der Waals surface area contributed by atoms with Gasteiger partial charge < -0.3 is 25.2 Å². The molecule has 0 saturated carbocycles. The van der Waals surface area contributed by atoms with Crippen LogP contribution in [0.15, 0.2) is 4.99 Å². The van der Waals surface area contributed by atoms with E-state index in [1.807, 2.05) is 27.8 Å². The Morgan fingerprint density at radius 1 is 1.17 bits per heavy atom. The number of aliphatic imine (C=N–C) groups is 1. The van der Waals surface area contributed by atoms with Crippen molar-refractivity contribution in [1.82, 2.24) is 20.4 Å². The molecule has 2 rings (SSSR count). The minimum absolute atomic E-state index is 0. The molecule has 1 amide bonds. The van der Waals surface area contributed by atoms with E-state index in [1.165, 1.54) is 45.3 Å². The summed E-state index contributed by atoms with van der Waals surface area (Å²) in [4.78, 5) is 21.7. The van der Waals surface area contributed by atoms with Crippen LogP contribution in [0.2, 0.25) is 0 Å². The lowest BCUT2D eigenvalue weighted by molar-refractivity contribution is 0.0491. The number of nitrogens with one attached hydrogen (secondary N) is 2. The van der Waals surface area contributed by atoms with Gasteiger partial charge in [0.25, 0.3) is 0 Å². The maximum atomic E-state index is 12.2. The molecule has 0 aromatic heterocycles. The number of rotatable bonds is 6. The monoisotopic (exact) mass is 537 g/mol. The van der Waals surface area contributed by atoms with Crippen LogP contribution in [0.3, 0.4) is 0 Å². The lowest BCUT2D eigenvalue weighted by Crippen LogP contribution is -2.50. The molecule has 0 spiro atoms. The molecule has 2 heterocycles. The van der Waals surface area contributed by atoms with Gasteiger partial charge in [-0.25, -0.2) is 4.79 Å². The Hall–Kier alpha value is -0.770. The van der Waals surface area contributed by atoms with E-state index in [4.69, 9.17) is 4.74 Å². The fourth-order valence-electron chi connectivity index (χ4n) is 4.13. The Kier molecular flexibility index (Phi) is 11.8. The minimum atomic E-state index is -0.492. The zero-order valence-corrected chi connectivity index (χ0v) is 22.2.